The maximum atomic E-state index is 11.7. The number of amides is 2. The van der Waals surface area contributed by atoms with Crippen molar-refractivity contribution in [3.8, 4) is 0 Å². The molecule has 0 aliphatic heterocycles. The number of carbonyl (C=O) groups excluding carboxylic acids is 2. The first-order valence-electron chi connectivity index (χ1n) is 5.71. The molecule has 2 atom stereocenters. The van der Waals surface area contributed by atoms with E-state index in [1.54, 1.807) is 0 Å². The second-order valence-electron chi connectivity index (χ2n) is 4.53. The van der Waals surface area contributed by atoms with E-state index in [9.17, 15) is 9.59 Å². The molecule has 0 heterocycles. The lowest BCUT2D eigenvalue weighted by Gasteiger charge is -2.05. The number of rotatable bonds is 2. The quantitative estimate of drug-likeness (QED) is 0.754. The zero-order valence-corrected chi connectivity index (χ0v) is 9.99. The minimum atomic E-state index is -0.258. The van der Waals surface area contributed by atoms with Crippen LogP contribution in [0.4, 0.5) is 0 Å². The number of hydrogen-bond acceptors (Lipinski definition) is 2. The first-order chi connectivity index (χ1) is 8.08. The number of nitrogens with one attached hydrogen (secondary N) is 2. The van der Waals surface area contributed by atoms with Gasteiger partial charge >= 0.3 is 0 Å². The highest BCUT2D eigenvalue weighted by atomic mass is 16.2. The standard InChI is InChI=1S/C13H16N2O2/c1-8-4-3-5-10(6-8)11-7-12(11)13(17)15-14-9(2)16/h3-6,11-12H,7H2,1-2H3,(H,14,16)(H,15,17)/t11-,12+/m1/s1. The molecule has 0 unspecified atom stereocenters. The van der Waals surface area contributed by atoms with Crippen molar-refractivity contribution in [2.24, 2.45) is 5.92 Å². The summed E-state index contributed by atoms with van der Waals surface area (Å²) in [7, 11) is 0. The van der Waals surface area contributed by atoms with Crippen molar-refractivity contribution in [3.05, 3.63) is 35.4 Å². The van der Waals surface area contributed by atoms with Gasteiger partial charge in [-0.15, -0.1) is 0 Å². The van der Waals surface area contributed by atoms with E-state index in [0.717, 1.165) is 6.42 Å². The van der Waals surface area contributed by atoms with E-state index in [1.165, 1.54) is 18.1 Å². The first kappa shape index (κ1) is 11.6. The van der Waals surface area contributed by atoms with E-state index < -0.39 is 0 Å². The van der Waals surface area contributed by atoms with Crippen LogP contribution in [0.2, 0.25) is 0 Å². The minimum absolute atomic E-state index is 0.0105. The molecule has 2 amide bonds. The molecular weight excluding hydrogens is 216 g/mol. The Morgan fingerprint density at radius 3 is 2.71 bits per heavy atom. The number of hydrogen-bond donors (Lipinski definition) is 2. The Labute approximate surface area is 100 Å². The number of carbonyl (C=O) groups is 2. The zero-order chi connectivity index (χ0) is 12.4. The van der Waals surface area contributed by atoms with E-state index in [0.29, 0.717) is 5.92 Å². The van der Waals surface area contributed by atoms with E-state index in [2.05, 4.69) is 16.9 Å². The second-order valence-corrected chi connectivity index (χ2v) is 4.53. The molecule has 1 aromatic carbocycles. The van der Waals surface area contributed by atoms with Gasteiger partial charge in [-0.1, -0.05) is 29.8 Å². The van der Waals surface area contributed by atoms with Crippen molar-refractivity contribution >= 4 is 11.8 Å². The maximum Gasteiger partial charge on any atom is 0.242 e. The molecule has 0 radical (unpaired) electrons. The van der Waals surface area contributed by atoms with Gasteiger partial charge in [0.05, 0.1) is 0 Å². The second kappa shape index (κ2) is 4.57. The fourth-order valence-corrected chi connectivity index (χ4v) is 2.00. The number of hydrazine groups is 1. The van der Waals surface area contributed by atoms with Crippen molar-refractivity contribution in [2.45, 2.75) is 26.2 Å². The van der Waals surface area contributed by atoms with E-state index in [1.807, 2.05) is 25.1 Å². The van der Waals surface area contributed by atoms with Crippen LogP contribution in [0.15, 0.2) is 24.3 Å². The lowest BCUT2D eigenvalue weighted by molar-refractivity contribution is -0.128. The topological polar surface area (TPSA) is 58.2 Å². The van der Waals surface area contributed by atoms with Crippen LogP contribution in [0.25, 0.3) is 0 Å². The molecule has 0 bridgehead atoms. The van der Waals surface area contributed by atoms with Crippen LogP contribution in [0, 0.1) is 12.8 Å². The molecule has 4 heteroatoms. The lowest BCUT2D eigenvalue weighted by Crippen LogP contribution is -2.41. The van der Waals surface area contributed by atoms with Crippen LogP contribution in [0.3, 0.4) is 0 Å². The van der Waals surface area contributed by atoms with Crippen LogP contribution in [0.1, 0.15) is 30.4 Å². The van der Waals surface area contributed by atoms with Crippen LogP contribution >= 0.6 is 0 Å². The fourth-order valence-electron chi connectivity index (χ4n) is 2.00. The molecule has 1 aromatic rings. The summed E-state index contributed by atoms with van der Waals surface area (Å²) in [5.74, 6) is -0.0786. The van der Waals surface area contributed by atoms with Gasteiger partial charge in [-0.25, -0.2) is 0 Å². The van der Waals surface area contributed by atoms with Gasteiger partial charge < -0.3 is 0 Å². The summed E-state index contributed by atoms with van der Waals surface area (Å²) < 4.78 is 0. The molecule has 0 spiro atoms. The lowest BCUT2D eigenvalue weighted by atomic mass is 10.1. The summed E-state index contributed by atoms with van der Waals surface area (Å²) >= 11 is 0. The molecule has 0 saturated heterocycles. The van der Waals surface area contributed by atoms with Crippen molar-refractivity contribution < 1.29 is 9.59 Å². The number of benzene rings is 1. The van der Waals surface area contributed by atoms with Crippen LogP contribution in [-0.4, -0.2) is 11.8 Å². The summed E-state index contributed by atoms with van der Waals surface area (Å²) in [5, 5.41) is 0. The molecule has 2 rings (SSSR count). The predicted octanol–water partition coefficient (Wildman–Crippen LogP) is 1.27. The summed E-state index contributed by atoms with van der Waals surface area (Å²) in [6.07, 6.45) is 0.856. The van der Waals surface area contributed by atoms with E-state index >= 15 is 0 Å². The molecule has 90 valence electrons. The van der Waals surface area contributed by atoms with Crippen LogP contribution in [0.5, 0.6) is 0 Å². The van der Waals surface area contributed by atoms with Gasteiger partial charge in [0, 0.05) is 12.8 Å². The fraction of sp³-hybridized carbons (Fsp3) is 0.385. The highest BCUT2D eigenvalue weighted by Gasteiger charge is 2.43. The van der Waals surface area contributed by atoms with Crippen molar-refractivity contribution in [1.82, 2.24) is 10.9 Å². The minimum Gasteiger partial charge on any atom is -0.274 e. The van der Waals surface area contributed by atoms with Gasteiger partial charge in [-0.2, -0.15) is 0 Å². The zero-order valence-electron chi connectivity index (χ0n) is 9.99. The third-order valence-electron chi connectivity index (χ3n) is 2.96. The molecule has 1 aliphatic carbocycles. The van der Waals surface area contributed by atoms with Crippen molar-refractivity contribution in [2.75, 3.05) is 0 Å². The molecule has 0 aromatic heterocycles. The first-order valence-corrected chi connectivity index (χ1v) is 5.71. The maximum absolute atomic E-state index is 11.7. The van der Waals surface area contributed by atoms with Crippen molar-refractivity contribution in [1.29, 1.82) is 0 Å². The smallest absolute Gasteiger partial charge is 0.242 e. The molecule has 17 heavy (non-hydrogen) atoms. The van der Waals surface area contributed by atoms with Gasteiger partial charge in [-0.05, 0) is 24.8 Å². The van der Waals surface area contributed by atoms with Gasteiger partial charge in [-0.3, -0.25) is 20.4 Å². The van der Waals surface area contributed by atoms with Gasteiger partial charge in [0.2, 0.25) is 11.8 Å². The summed E-state index contributed by atoms with van der Waals surface area (Å²) in [4.78, 5) is 22.3. The molecule has 2 N–H and O–H groups in total. The van der Waals surface area contributed by atoms with Crippen LogP contribution < -0.4 is 10.9 Å². The Morgan fingerprint density at radius 2 is 2.06 bits per heavy atom. The van der Waals surface area contributed by atoms with Gasteiger partial charge in [0.15, 0.2) is 0 Å². The van der Waals surface area contributed by atoms with Crippen LogP contribution in [-0.2, 0) is 9.59 Å². The monoisotopic (exact) mass is 232 g/mol. The highest BCUT2D eigenvalue weighted by molar-refractivity contribution is 5.85. The Hall–Kier alpha value is -1.84. The molecule has 1 fully saturated rings. The van der Waals surface area contributed by atoms with E-state index in [-0.39, 0.29) is 17.7 Å². The molecule has 4 nitrogen and oxygen atoms in total. The Kier molecular flexibility index (Phi) is 3.13. The average molecular weight is 232 g/mol. The average Bonchev–Trinajstić information content (AvgIpc) is 3.05. The normalized spacial score (nSPS) is 21.8. The summed E-state index contributed by atoms with van der Waals surface area (Å²) in [6, 6.07) is 8.20. The van der Waals surface area contributed by atoms with Gasteiger partial charge in [0.1, 0.15) is 0 Å². The molecule has 1 saturated carbocycles. The predicted molar refractivity (Wildman–Crippen MR) is 64.0 cm³/mol. The highest BCUT2D eigenvalue weighted by Crippen LogP contribution is 2.47. The third kappa shape index (κ3) is 2.84. The SMILES string of the molecule is CC(=O)NNC(=O)[C@H]1C[C@@H]1c1cccc(C)c1. The van der Waals surface area contributed by atoms with E-state index in [4.69, 9.17) is 0 Å². The Bertz CT molecular complexity index is 456. The van der Waals surface area contributed by atoms with Crippen molar-refractivity contribution in [3.63, 3.8) is 0 Å². The third-order valence-corrected chi connectivity index (χ3v) is 2.96. The summed E-state index contributed by atoms with van der Waals surface area (Å²) in [5.41, 5.74) is 7.14. The largest absolute Gasteiger partial charge is 0.274 e. The molecule has 1 aliphatic rings. The molecular formula is C13H16N2O2. The van der Waals surface area contributed by atoms with Gasteiger partial charge in [0.25, 0.3) is 0 Å². The summed E-state index contributed by atoms with van der Waals surface area (Å²) in [6.45, 7) is 3.41. The Balaban J connectivity index is 1.92. The Morgan fingerprint density at radius 1 is 1.29 bits per heavy atom. The number of aryl methyl sites for hydroxylation is 1.